The summed E-state index contributed by atoms with van der Waals surface area (Å²) < 4.78 is 5.61. The first-order chi connectivity index (χ1) is 9.51. The maximum atomic E-state index is 12.0. The highest BCUT2D eigenvalue weighted by Crippen LogP contribution is 2.11. The first-order valence-corrected chi connectivity index (χ1v) is 7.25. The fourth-order valence-electron chi connectivity index (χ4n) is 2.36. The minimum Gasteiger partial charge on any atom is -0.326 e. The van der Waals surface area contributed by atoms with Gasteiger partial charge in [-0.25, -0.2) is 9.78 Å². The average Bonchev–Trinajstić information content (AvgIpc) is 2.88. The molecule has 0 atom stereocenters. The molecule has 0 unspecified atom stereocenters. The Kier molecular flexibility index (Phi) is 6.12. The van der Waals surface area contributed by atoms with Gasteiger partial charge in [0.1, 0.15) is 10.2 Å². The van der Waals surface area contributed by atoms with E-state index < -0.39 is 0 Å². The lowest BCUT2D eigenvalue weighted by molar-refractivity contribution is 0.292. The fourth-order valence-corrected chi connectivity index (χ4v) is 2.64. The van der Waals surface area contributed by atoms with Crippen molar-refractivity contribution in [2.75, 3.05) is 19.6 Å². The summed E-state index contributed by atoms with van der Waals surface area (Å²) in [5.41, 5.74) is 1.37. The molecule has 118 valence electrons. The molecule has 0 bridgehead atoms. The van der Waals surface area contributed by atoms with Crippen molar-refractivity contribution in [1.82, 2.24) is 23.6 Å². The van der Waals surface area contributed by atoms with Crippen LogP contribution in [0, 0.1) is 4.64 Å². The molecule has 0 aliphatic rings. The first kappa shape index (κ1) is 17.9. The van der Waals surface area contributed by atoms with Crippen molar-refractivity contribution in [3.8, 4) is 0 Å². The smallest absolute Gasteiger partial charge is 0.326 e. The predicted molar refractivity (Wildman–Crippen MR) is 89.8 cm³/mol. The van der Waals surface area contributed by atoms with Gasteiger partial charge in [-0.3, -0.25) is 9.13 Å². The molecule has 21 heavy (non-hydrogen) atoms. The number of halogens is 1. The number of hydrogen-bond acceptors (Lipinski definition) is 4. The monoisotopic (exact) mass is 331 g/mol. The van der Waals surface area contributed by atoms with Gasteiger partial charge < -0.3 is 9.47 Å². The van der Waals surface area contributed by atoms with E-state index in [9.17, 15) is 4.79 Å². The molecule has 0 aliphatic heterocycles. The fraction of sp³-hybridized carbons (Fsp3) is 0.615. The number of aromatic nitrogens is 4. The van der Waals surface area contributed by atoms with Gasteiger partial charge >= 0.3 is 5.69 Å². The van der Waals surface area contributed by atoms with E-state index in [4.69, 9.17) is 12.2 Å². The second-order valence-corrected chi connectivity index (χ2v) is 5.23. The first-order valence-electron chi connectivity index (χ1n) is 6.84. The molecule has 0 aliphatic carbocycles. The number of nitrogens with zero attached hydrogens (tertiary/aromatic N) is 5. The minimum atomic E-state index is -0.142. The zero-order chi connectivity index (χ0) is 14.9. The molecule has 0 amide bonds. The van der Waals surface area contributed by atoms with Crippen LogP contribution in [0.4, 0.5) is 0 Å². The standard InChI is InChI=1S/C13H21N5OS.ClH/c1-5-17(6-2)7-8-18-9-14-11-10(18)12(20)16(4)13(19)15(11)3;/h9H,5-8H2,1-4H3;1H. The Morgan fingerprint density at radius 2 is 1.86 bits per heavy atom. The molecule has 6 nitrogen and oxygen atoms in total. The van der Waals surface area contributed by atoms with Crippen LogP contribution in [0.1, 0.15) is 13.8 Å². The van der Waals surface area contributed by atoms with Crippen molar-refractivity contribution in [3.05, 3.63) is 21.5 Å². The Morgan fingerprint density at radius 1 is 1.24 bits per heavy atom. The summed E-state index contributed by atoms with van der Waals surface area (Å²) in [7, 11) is 3.42. The third kappa shape index (κ3) is 3.20. The number of aryl methyl sites for hydroxylation is 1. The Balaban J connectivity index is 0.00000220. The van der Waals surface area contributed by atoms with Gasteiger partial charge in [0.2, 0.25) is 0 Å². The molecule has 0 spiro atoms. The average molecular weight is 332 g/mol. The Labute approximate surface area is 135 Å². The van der Waals surface area contributed by atoms with E-state index in [2.05, 4.69) is 23.7 Å². The molecule has 0 N–H and O–H groups in total. The highest BCUT2D eigenvalue weighted by Gasteiger charge is 2.12. The van der Waals surface area contributed by atoms with Gasteiger partial charge in [-0.05, 0) is 13.1 Å². The van der Waals surface area contributed by atoms with Crippen LogP contribution in [-0.4, -0.2) is 43.2 Å². The van der Waals surface area contributed by atoms with Crippen molar-refractivity contribution in [1.29, 1.82) is 0 Å². The molecule has 8 heteroatoms. The van der Waals surface area contributed by atoms with Crippen LogP contribution in [0.5, 0.6) is 0 Å². The van der Waals surface area contributed by atoms with E-state index >= 15 is 0 Å². The Hall–Kier alpha value is -1.18. The Bertz CT molecular complexity index is 728. The highest BCUT2D eigenvalue weighted by atomic mass is 35.5. The van der Waals surface area contributed by atoms with Crippen molar-refractivity contribution >= 4 is 35.8 Å². The highest BCUT2D eigenvalue weighted by molar-refractivity contribution is 7.71. The van der Waals surface area contributed by atoms with E-state index in [0.717, 1.165) is 31.7 Å². The number of fused-ring (bicyclic) bond motifs is 1. The van der Waals surface area contributed by atoms with Crippen LogP contribution < -0.4 is 5.69 Å². The maximum Gasteiger partial charge on any atom is 0.330 e. The van der Waals surface area contributed by atoms with Gasteiger partial charge in [-0.2, -0.15) is 0 Å². The van der Waals surface area contributed by atoms with E-state index in [1.807, 2.05) is 4.57 Å². The summed E-state index contributed by atoms with van der Waals surface area (Å²) in [6.45, 7) is 8.11. The summed E-state index contributed by atoms with van der Waals surface area (Å²) in [6, 6.07) is 0. The third-order valence-electron chi connectivity index (χ3n) is 3.77. The minimum absolute atomic E-state index is 0. The summed E-state index contributed by atoms with van der Waals surface area (Å²) in [5, 5.41) is 0. The van der Waals surface area contributed by atoms with E-state index in [1.165, 1.54) is 4.57 Å². The predicted octanol–water partition coefficient (Wildman–Crippen LogP) is 1.57. The van der Waals surface area contributed by atoms with Crippen molar-refractivity contribution in [2.45, 2.75) is 20.4 Å². The van der Waals surface area contributed by atoms with Gasteiger partial charge in [0.25, 0.3) is 0 Å². The van der Waals surface area contributed by atoms with Crippen LogP contribution in [-0.2, 0) is 20.6 Å². The number of hydrogen-bond donors (Lipinski definition) is 0. The lowest BCUT2D eigenvalue weighted by Gasteiger charge is -2.18. The molecule has 0 aromatic carbocycles. The Morgan fingerprint density at radius 3 is 2.43 bits per heavy atom. The van der Waals surface area contributed by atoms with Crippen LogP contribution >= 0.6 is 24.6 Å². The van der Waals surface area contributed by atoms with Gasteiger partial charge in [0.15, 0.2) is 5.65 Å². The molecule has 2 rings (SSSR count). The van der Waals surface area contributed by atoms with Crippen molar-refractivity contribution in [3.63, 3.8) is 0 Å². The summed E-state index contributed by atoms with van der Waals surface area (Å²) >= 11 is 5.40. The number of likely N-dealkylation sites (N-methyl/N-ethyl adjacent to an activating group) is 1. The third-order valence-corrected chi connectivity index (χ3v) is 4.24. The zero-order valence-electron chi connectivity index (χ0n) is 12.9. The van der Waals surface area contributed by atoms with E-state index in [-0.39, 0.29) is 18.1 Å². The van der Waals surface area contributed by atoms with Crippen LogP contribution in [0.15, 0.2) is 11.1 Å². The maximum absolute atomic E-state index is 12.0. The van der Waals surface area contributed by atoms with Crippen LogP contribution in [0.25, 0.3) is 11.2 Å². The van der Waals surface area contributed by atoms with Crippen molar-refractivity contribution < 1.29 is 0 Å². The molecular formula is C13H22ClN5OS. The lowest BCUT2D eigenvalue weighted by Crippen LogP contribution is -2.29. The normalized spacial score (nSPS) is 11.1. The van der Waals surface area contributed by atoms with Crippen LogP contribution in [0.2, 0.25) is 0 Å². The topological polar surface area (TPSA) is 48.0 Å². The molecule has 2 aromatic heterocycles. The number of imidazole rings is 1. The summed E-state index contributed by atoms with van der Waals surface area (Å²) in [6.07, 6.45) is 1.77. The molecule has 2 heterocycles. The van der Waals surface area contributed by atoms with Crippen LogP contribution in [0.3, 0.4) is 0 Å². The summed E-state index contributed by atoms with van der Waals surface area (Å²) in [5.74, 6) is 0. The quantitative estimate of drug-likeness (QED) is 0.780. The molecule has 0 saturated heterocycles. The molecular weight excluding hydrogens is 310 g/mol. The van der Waals surface area contributed by atoms with Gasteiger partial charge in [-0.1, -0.05) is 26.1 Å². The second kappa shape index (κ2) is 7.20. The molecule has 0 saturated carbocycles. The van der Waals surface area contributed by atoms with Gasteiger partial charge in [0.05, 0.1) is 6.33 Å². The molecule has 2 aromatic rings. The number of rotatable bonds is 5. The lowest BCUT2D eigenvalue weighted by atomic mass is 10.4. The van der Waals surface area contributed by atoms with E-state index in [1.54, 1.807) is 25.0 Å². The molecule has 0 radical (unpaired) electrons. The van der Waals surface area contributed by atoms with Gasteiger partial charge in [-0.15, -0.1) is 12.4 Å². The van der Waals surface area contributed by atoms with Gasteiger partial charge in [0, 0.05) is 27.2 Å². The summed E-state index contributed by atoms with van der Waals surface area (Å²) in [4.78, 5) is 18.7. The molecule has 0 fully saturated rings. The zero-order valence-corrected chi connectivity index (χ0v) is 14.5. The SMILES string of the molecule is CCN(CC)CCn1cnc2c1c(=S)n(C)c(=O)n2C.Cl. The largest absolute Gasteiger partial charge is 0.330 e. The second-order valence-electron chi connectivity index (χ2n) is 4.84. The van der Waals surface area contributed by atoms with E-state index in [0.29, 0.717) is 10.3 Å². The van der Waals surface area contributed by atoms with Crippen molar-refractivity contribution in [2.24, 2.45) is 14.1 Å².